The van der Waals surface area contributed by atoms with Crippen molar-refractivity contribution in [2.24, 2.45) is 0 Å². The normalized spacial score (nSPS) is 36.2. The molecule has 2 saturated heterocycles. The fourth-order valence-corrected chi connectivity index (χ4v) is 2.01. The SMILES string of the molecule is O=C1CCOC(C2CCCCO2)C1. The quantitative estimate of drug-likeness (QED) is 0.616. The Hall–Kier alpha value is -0.410. The summed E-state index contributed by atoms with van der Waals surface area (Å²) in [6.07, 6.45) is 4.78. The molecule has 0 aromatic carbocycles. The zero-order valence-electron chi connectivity index (χ0n) is 7.83. The summed E-state index contributed by atoms with van der Waals surface area (Å²) >= 11 is 0. The van der Waals surface area contributed by atoms with Crippen molar-refractivity contribution >= 4 is 5.78 Å². The summed E-state index contributed by atoms with van der Waals surface area (Å²) in [5.41, 5.74) is 0. The van der Waals surface area contributed by atoms with Gasteiger partial charge in [0.1, 0.15) is 5.78 Å². The molecule has 0 radical (unpaired) electrons. The summed E-state index contributed by atoms with van der Waals surface area (Å²) in [7, 11) is 0. The number of carbonyl (C=O) groups is 1. The summed E-state index contributed by atoms with van der Waals surface area (Å²) in [6, 6.07) is 0. The lowest BCUT2D eigenvalue weighted by Gasteiger charge is -2.32. The average molecular weight is 184 g/mol. The molecular formula is C10H16O3. The molecule has 2 atom stereocenters. The fourth-order valence-electron chi connectivity index (χ4n) is 2.01. The largest absolute Gasteiger partial charge is 0.376 e. The Labute approximate surface area is 78.4 Å². The lowest BCUT2D eigenvalue weighted by Crippen LogP contribution is -2.39. The van der Waals surface area contributed by atoms with E-state index in [0.717, 1.165) is 19.4 Å². The maximum absolute atomic E-state index is 11.2. The molecule has 13 heavy (non-hydrogen) atoms. The second-order valence-corrected chi connectivity index (χ2v) is 3.81. The molecule has 0 N–H and O–H groups in total. The van der Waals surface area contributed by atoms with Crippen molar-refractivity contribution in [3.8, 4) is 0 Å². The van der Waals surface area contributed by atoms with Crippen LogP contribution in [-0.2, 0) is 14.3 Å². The van der Waals surface area contributed by atoms with Crippen LogP contribution in [0.3, 0.4) is 0 Å². The standard InChI is InChI=1S/C10H16O3/c11-8-4-6-13-10(7-8)9-3-1-2-5-12-9/h9-10H,1-7H2. The molecule has 3 nitrogen and oxygen atoms in total. The highest BCUT2D eigenvalue weighted by Crippen LogP contribution is 2.22. The molecule has 2 heterocycles. The van der Waals surface area contributed by atoms with E-state index in [1.54, 1.807) is 0 Å². The van der Waals surface area contributed by atoms with E-state index in [1.165, 1.54) is 6.42 Å². The monoisotopic (exact) mass is 184 g/mol. The molecule has 2 fully saturated rings. The molecular weight excluding hydrogens is 168 g/mol. The van der Waals surface area contributed by atoms with Gasteiger partial charge in [-0.2, -0.15) is 0 Å². The number of hydrogen-bond donors (Lipinski definition) is 0. The first-order valence-electron chi connectivity index (χ1n) is 5.11. The molecule has 2 rings (SSSR count). The second-order valence-electron chi connectivity index (χ2n) is 3.81. The van der Waals surface area contributed by atoms with Crippen molar-refractivity contribution in [2.75, 3.05) is 13.2 Å². The van der Waals surface area contributed by atoms with Crippen LogP contribution >= 0.6 is 0 Å². The number of Topliss-reactive ketones (excluding diaryl/α,β-unsaturated/α-hetero) is 1. The Bertz CT molecular complexity index is 185. The minimum Gasteiger partial charge on any atom is -0.376 e. The number of carbonyl (C=O) groups excluding carboxylic acids is 1. The smallest absolute Gasteiger partial charge is 0.137 e. The van der Waals surface area contributed by atoms with Gasteiger partial charge in [0.15, 0.2) is 0 Å². The van der Waals surface area contributed by atoms with Crippen LogP contribution < -0.4 is 0 Å². The first-order chi connectivity index (χ1) is 6.36. The molecule has 0 saturated carbocycles. The van der Waals surface area contributed by atoms with Crippen molar-refractivity contribution in [3.05, 3.63) is 0 Å². The molecule has 74 valence electrons. The van der Waals surface area contributed by atoms with Gasteiger partial charge in [-0.15, -0.1) is 0 Å². The molecule has 0 amide bonds. The zero-order chi connectivity index (χ0) is 9.10. The molecule has 0 aliphatic carbocycles. The molecule has 0 aromatic heterocycles. The first kappa shape index (κ1) is 9.16. The minimum atomic E-state index is 0.0431. The topological polar surface area (TPSA) is 35.5 Å². The first-order valence-corrected chi connectivity index (χ1v) is 5.11. The summed E-state index contributed by atoms with van der Waals surface area (Å²) in [5, 5.41) is 0. The van der Waals surface area contributed by atoms with Crippen LogP contribution in [0, 0.1) is 0 Å². The maximum Gasteiger partial charge on any atom is 0.137 e. The molecule has 2 unspecified atom stereocenters. The van der Waals surface area contributed by atoms with E-state index in [2.05, 4.69) is 0 Å². The Kier molecular flexibility index (Phi) is 2.96. The minimum absolute atomic E-state index is 0.0431. The van der Waals surface area contributed by atoms with Gasteiger partial charge in [0, 0.05) is 19.4 Å². The van der Waals surface area contributed by atoms with E-state index < -0.39 is 0 Å². The van der Waals surface area contributed by atoms with Gasteiger partial charge in [-0.1, -0.05) is 0 Å². The van der Waals surface area contributed by atoms with E-state index in [1.807, 2.05) is 0 Å². The lowest BCUT2D eigenvalue weighted by atomic mass is 9.97. The fraction of sp³-hybridized carbons (Fsp3) is 0.900. The van der Waals surface area contributed by atoms with E-state index >= 15 is 0 Å². The Morgan fingerprint density at radius 2 is 1.92 bits per heavy atom. The Morgan fingerprint density at radius 3 is 2.62 bits per heavy atom. The Morgan fingerprint density at radius 1 is 1.08 bits per heavy atom. The summed E-state index contributed by atoms with van der Waals surface area (Å²) in [5.74, 6) is 0.324. The third-order valence-corrected chi connectivity index (χ3v) is 2.77. The van der Waals surface area contributed by atoms with Gasteiger partial charge in [0.25, 0.3) is 0 Å². The van der Waals surface area contributed by atoms with Crippen molar-refractivity contribution < 1.29 is 14.3 Å². The van der Waals surface area contributed by atoms with Crippen LogP contribution in [0.15, 0.2) is 0 Å². The van der Waals surface area contributed by atoms with E-state index in [4.69, 9.17) is 9.47 Å². The molecule has 2 aliphatic rings. The zero-order valence-corrected chi connectivity index (χ0v) is 7.83. The van der Waals surface area contributed by atoms with Crippen LogP contribution in [-0.4, -0.2) is 31.2 Å². The number of rotatable bonds is 1. The molecule has 3 heteroatoms. The highest BCUT2D eigenvalue weighted by molar-refractivity contribution is 5.79. The van der Waals surface area contributed by atoms with Gasteiger partial charge in [0.2, 0.25) is 0 Å². The van der Waals surface area contributed by atoms with Gasteiger partial charge >= 0.3 is 0 Å². The van der Waals surface area contributed by atoms with Gasteiger partial charge in [-0.05, 0) is 19.3 Å². The third kappa shape index (κ3) is 2.29. The second kappa shape index (κ2) is 4.20. The van der Waals surface area contributed by atoms with Gasteiger partial charge in [0.05, 0.1) is 18.8 Å². The number of hydrogen-bond acceptors (Lipinski definition) is 3. The van der Waals surface area contributed by atoms with E-state index in [0.29, 0.717) is 25.2 Å². The van der Waals surface area contributed by atoms with Crippen LogP contribution in [0.5, 0.6) is 0 Å². The van der Waals surface area contributed by atoms with Crippen LogP contribution in [0.2, 0.25) is 0 Å². The maximum atomic E-state index is 11.2. The van der Waals surface area contributed by atoms with Gasteiger partial charge < -0.3 is 9.47 Å². The van der Waals surface area contributed by atoms with E-state index in [-0.39, 0.29) is 12.2 Å². The van der Waals surface area contributed by atoms with Gasteiger partial charge in [-0.25, -0.2) is 0 Å². The summed E-state index contributed by atoms with van der Waals surface area (Å²) < 4.78 is 11.1. The predicted octanol–water partition coefficient (Wildman–Crippen LogP) is 1.30. The molecule has 0 aromatic rings. The molecule has 0 bridgehead atoms. The van der Waals surface area contributed by atoms with Crippen molar-refractivity contribution in [3.63, 3.8) is 0 Å². The highest BCUT2D eigenvalue weighted by atomic mass is 16.5. The number of ether oxygens (including phenoxy) is 2. The highest BCUT2D eigenvalue weighted by Gasteiger charge is 2.29. The molecule has 0 spiro atoms. The van der Waals surface area contributed by atoms with Crippen molar-refractivity contribution in [1.29, 1.82) is 0 Å². The average Bonchev–Trinajstić information content (AvgIpc) is 2.19. The third-order valence-electron chi connectivity index (χ3n) is 2.77. The van der Waals surface area contributed by atoms with Gasteiger partial charge in [-0.3, -0.25) is 4.79 Å². The van der Waals surface area contributed by atoms with E-state index in [9.17, 15) is 4.79 Å². The summed E-state index contributed by atoms with van der Waals surface area (Å²) in [6.45, 7) is 1.42. The van der Waals surface area contributed by atoms with Crippen LogP contribution in [0.25, 0.3) is 0 Å². The number of ketones is 1. The molecule has 2 aliphatic heterocycles. The summed E-state index contributed by atoms with van der Waals surface area (Å²) in [4.78, 5) is 11.2. The van der Waals surface area contributed by atoms with Crippen LogP contribution in [0.1, 0.15) is 32.1 Å². The lowest BCUT2D eigenvalue weighted by molar-refractivity contribution is -0.142. The van der Waals surface area contributed by atoms with Crippen molar-refractivity contribution in [2.45, 2.75) is 44.3 Å². The predicted molar refractivity (Wildman–Crippen MR) is 47.6 cm³/mol. The Balaban J connectivity index is 1.87. The van der Waals surface area contributed by atoms with Crippen molar-refractivity contribution in [1.82, 2.24) is 0 Å². The van der Waals surface area contributed by atoms with Crippen LogP contribution in [0.4, 0.5) is 0 Å².